The lowest BCUT2D eigenvalue weighted by Gasteiger charge is -2.63. The molecule has 0 aromatic rings. The fourth-order valence-electron chi connectivity index (χ4n) is 6.89. The van der Waals surface area contributed by atoms with Crippen LogP contribution in [0, 0.1) is 22.7 Å². The summed E-state index contributed by atoms with van der Waals surface area (Å²) in [5.41, 5.74) is -2.24. The van der Waals surface area contributed by atoms with Gasteiger partial charge in [-0.2, -0.15) is 0 Å². The van der Waals surface area contributed by atoms with Gasteiger partial charge in [-0.05, 0) is 69.4 Å². The first kappa shape index (κ1) is 18.5. The predicted molar refractivity (Wildman–Crippen MR) is 101 cm³/mol. The van der Waals surface area contributed by atoms with Crippen LogP contribution in [0.25, 0.3) is 0 Å². The molecule has 8 atom stereocenters. The van der Waals surface area contributed by atoms with E-state index in [1.165, 1.54) is 6.08 Å². The van der Waals surface area contributed by atoms with Gasteiger partial charge in [0.25, 0.3) is 0 Å². The molecule has 5 heteroatoms. The van der Waals surface area contributed by atoms with E-state index < -0.39 is 32.7 Å². The second-order valence-corrected chi connectivity index (χ2v) is 11.3. The van der Waals surface area contributed by atoms with E-state index in [4.69, 9.17) is 0 Å². The summed E-state index contributed by atoms with van der Waals surface area (Å²) in [6.45, 7) is 6.00. The van der Waals surface area contributed by atoms with Crippen molar-refractivity contribution in [1.29, 1.82) is 0 Å². The number of carbonyl (C=O) groups is 1. The summed E-state index contributed by atoms with van der Waals surface area (Å²) < 4.78 is 29.0. The number of hydrogen-bond acceptors (Lipinski definition) is 3. The van der Waals surface area contributed by atoms with Crippen LogP contribution in [0.1, 0.15) is 52.9 Å². The molecule has 1 unspecified atom stereocenters. The van der Waals surface area contributed by atoms with Gasteiger partial charge in [0.05, 0.1) is 6.10 Å². The van der Waals surface area contributed by atoms with Gasteiger partial charge in [0.1, 0.15) is 0 Å². The normalized spacial score (nSPS) is 54.2. The Labute approximate surface area is 157 Å². The highest BCUT2D eigenvalue weighted by Crippen LogP contribution is 2.70. The number of halogens is 1. The maximum absolute atomic E-state index is 16.8. The van der Waals surface area contributed by atoms with Gasteiger partial charge in [-0.3, -0.25) is 9.00 Å². The molecule has 0 spiro atoms. The van der Waals surface area contributed by atoms with Crippen molar-refractivity contribution in [3.05, 3.63) is 23.8 Å². The van der Waals surface area contributed by atoms with Crippen molar-refractivity contribution in [1.82, 2.24) is 0 Å². The molecule has 3 fully saturated rings. The Hall–Kier alpha value is -0.810. The van der Waals surface area contributed by atoms with E-state index in [0.29, 0.717) is 19.3 Å². The van der Waals surface area contributed by atoms with Crippen molar-refractivity contribution in [2.45, 2.75) is 69.4 Å². The standard InChI is InChI=1S/C21H29FO3S/c1-18-9-7-14(23)11-13(18)5-6-16-15-8-10-20(3,26(4)25)19(15,2)12-17(24)21(16,18)22/h7,9,11,15-17,24H,5-6,8,10,12H2,1-4H3/t15-,16-,17-,18-,19-,20+,21?,26-/m0/s1. The van der Waals surface area contributed by atoms with Gasteiger partial charge in [-0.1, -0.05) is 18.6 Å². The highest BCUT2D eigenvalue weighted by atomic mass is 32.2. The lowest BCUT2D eigenvalue weighted by molar-refractivity contribution is -0.192. The Balaban J connectivity index is 1.83. The summed E-state index contributed by atoms with van der Waals surface area (Å²) in [4.78, 5) is 11.8. The zero-order chi connectivity index (χ0) is 19.1. The van der Waals surface area contributed by atoms with Crippen LogP contribution in [0.15, 0.2) is 23.8 Å². The number of allylic oxidation sites excluding steroid dienone is 4. The minimum absolute atomic E-state index is 0.0931. The van der Waals surface area contributed by atoms with Crippen LogP contribution >= 0.6 is 0 Å². The Morgan fingerprint density at radius 2 is 1.92 bits per heavy atom. The first-order valence-electron chi connectivity index (χ1n) is 9.65. The third-order valence-electron chi connectivity index (χ3n) is 8.81. The number of carbonyl (C=O) groups excluding carboxylic acids is 1. The lowest BCUT2D eigenvalue weighted by Crippen LogP contribution is -2.68. The van der Waals surface area contributed by atoms with E-state index in [0.717, 1.165) is 18.4 Å². The molecule has 4 aliphatic carbocycles. The van der Waals surface area contributed by atoms with Gasteiger partial charge in [-0.25, -0.2) is 4.39 Å². The van der Waals surface area contributed by atoms with Crippen LogP contribution in [0.5, 0.6) is 0 Å². The SMILES string of the molecule is C[S@](=O)[C@]1(C)CC[C@H]2[C@@H]3CCC4=CC(=O)C=C[C@]4(C)C3(F)[C@@H](O)C[C@@]21C. The van der Waals surface area contributed by atoms with Crippen molar-refractivity contribution in [2.24, 2.45) is 22.7 Å². The Morgan fingerprint density at radius 1 is 1.23 bits per heavy atom. The van der Waals surface area contributed by atoms with E-state index >= 15 is 4.39 Å². The average molecular weight is 381 g/mol. The van der Waals surface area contributed by atoms with E-state index in [-0.39, 0.29) is 23.0 Å². The molecule has 144 valence electrons. The van der Waals surface area contributed by atoms with E-state index in [1.54, 1.807) is 18.4 Å². The predicted octanol–water partition coefficient (Wildman–Crippen LogP) is 3.49. The number of aliphatic hydroxyl groups is 1. The molecule has 0 amide bonds. The quantitative estimate of drug-likeness (QED) is 0.758. The van der Waals surface area contributed by atoms with Gasteiger partial charge >= 0.3 is 0 Å². The van der Waals surface area contributed by atoms with Gasteiger partial charge in [0, 0.05) is 33.1 Å². The molecule has 0 aromatic carbocycles. The molecule has 0 aliphatic heterocycles. The molecule has 0 heterocycles. The molecule has 3 saturated carbocycles. The van der Waals surface area contributed by atoms with E-state index in [1.807, 2.05) is 6.92 Å². The first-order chi connectivity index (χ1) is 12.0. The van der Waals surface area contributed by atoms with Crippen molar-refractivity contribution in [3.8, 4) is 0 Å². The smallest absolute Gasteiger partial charge is 0.178 e. The molecule has 3 nitrogen and oxygen atoms in total. The molecule has 0 saturated heterocycles. The van der Waals surface area contributed by atoms with Crippen molar-refractivity contribution in [3.63, 3.8) is 0 Å². The van der Waals surface area contributed by atoms with E-state index in [9.17, 15) is 14.1 Å². The maximum Gasteiger partial charge on any atom is 0.178 e. The second kappa shape index (κ2) is 5.38. The number of rotatable bonds is 1. The molecule has 1 N–H and O–H groups in total. The van der Waals surface area contributed by atoms with Crippen LogP contribution in [0.2, 0.25) is 0 Å². The molecule has 26 heavy (non-hydrogen) atoms. The average Bonchev–Trinajstić information content (AvgIpc) is 2.83. The third-order valence-corrected chi connectivity index (χ3v) is 10.7. The molecule has 4 aliphatic rings. The fourth-order valence-corrected chi connectivity index (χ4v) is 8.18. The van der Waals surface area contributed by atoms with Gasteiger partial charge in [0.15, 0.2) is 11.5 Å². The van der Waals surface area contributed by atoms with Gasteiger partial charge in [-0.15, -0.1) is 0 Å². The minimum atomic E-state index is -1.78. The van der Waals surface area contributed by atoms with Crippen LogP contribution in [-0.2, 0) is 15.6 Å². The lowest BCUT2D eigenvalue weighted by atomic mass is 9.45. The molecule has 0 aromatic heterocycles. The summed E-state index contributed by atoms with van der Waals surface area (Å²) in [5.74, 6) is -0.264. The molecule has 4 rings (SSSR count). The number of aliphatic hydroxyl groups excluding tert-OH is 1. The molecule has 0 bridgehead atoms. The topological polar surface area (TPSA) is 54.4 Å². The minimum Gasteiger partial charge on any atom is -0.390 e. The molecule has 0 radical (unpaired) electrons. The number of hydrogen-bond donors (Lipinski definition) is 1. The van der Waals surface area contributed by atoms with Gasteiger partial charge in [0.2, 0.25) is 0 Å². The number of ketones is 1. The van der Waals surface area contributed by atoms with Crippen LogP contribution < -0.4 is 0 Å². The highest BCUT2D eigenvalue weighted by molar-refractivity contribution is 7.85. The third kappa shape index (κ3) is 1.92. The summed E-state index contributed by atoms with van der Waals surface area (Å²) in [5, 5.41) is 11.1. The van der Waals surface area contributed by atoms with Crippen LogP contribution in [-0.4, -0.2) is 37.9 Å². The monoisotopic (exact) mass is 380 g/mol. The largest absolute Gasteiger partial charge is 0.390 e. The zero-order valence-electron chi connectivity index (χ0n) is 16.0. The van der Waals surface area contributed by atoms with Crippen molar-refractivity contribution >= 4 is 16.6 Å². The summed E-state index contributed by atoms with van der Waals surface area (Å²) >= 11 is 0. The molecular formula is C21H29FO3S. The van der Waals surface area contributed by atoms with Crippen LogP contribution in [0.3, 0.4) is 0 Å². The Morgan fingerprint density at radius 3 is 2.58 bits per heavy atom. The fraction of sp³-hybridized carbons (Fsp3) is 0.762. The molecular weight excluding hydrogens is 351 g/mol. The van der Waals surface area contributed by atoms with Crippen molar-refractivity contribution in [2.75, 3.05) is 6.26 Å². The maximum atomic E-state index is 16.8. The number of alkyl halides is 1. The second-order valence-electron chi connectivity index (χ2n) is 9.49. The first-order valence-corrected chi connectivity index (χ1v) is 11.2. The summed E-state index contributed by atoms with van der Waals surface area (Å²) in [7, 11) is -1.03. The Bertz CT molecular complexity index is 760. The highest BCUT2D eigenvalue weighted by Gasteiger charge is 2.72. The summed E-state index contributed by atoms with van der Waals surface area (Å²) in [6.07, 6.45) is 8.65. The van der Waals surface area contributed by atoms with E-state index in [2.05, 4.69) is 13.8 Å². The summed E-state index contributed by atoms with van der Waals surface area (Å²) in [6, 6.07) is 0. The number of fused-ring (bicyclic) bond motifs is 5. The van der Waals surface area contributed by atoms with Gasteiger partial charge < -0.3 is 5.11 Å². The van der Waals surface area contributed by atoms with Crippen molar-refractivity contribution < 1.29 is 18.5 Å². The van der Waals surface area contributed by atoms with Crippen LogP contribution in [0.4, 0.5) is 4.39 Å². The Kier molecular flexibility index (Phi) is 3.84. The zero-order valence-corrected chi connectivity index (χ0v) is 16.9.